The van der Waals surface area contributed by atoms with Gasteiger partial charge in [-0.2, -0.15) is 0 Å². The van der Waals surface area contributed by atoms with Crippen LogP contribution in [0.3, 0.4) is 0 Å². The van der Waals surface area contributed by atoms with Gasteiger partial charge in [0.15, 0.2) is 5.82 Å². The van der Waals surface area contributed by atoms with E-state index in [1.54, 1.807) is 6.20 Å². The molecule has 0 bridgehead atoms. The summed E-state index contributed by atoms with van der Waals surface area (Å²) >= 11 is 3.38. The molecule has 0 aliphatic carbocycles. The molecule has 0 atom stereocenters. The van der Waals surface area contributed by atoms with Crippen LogP contribution in [-0.2, 0) is 0 Å². The van der Waals surface area contributed by atoms with Gasteiger partial charge in [0.2, 0.25) is 0 Å². The van der Waals surface area contributed by atoms with E-state index in [9.17, 15) is 4.79 Å². The van der Waals surface area contributed by atoms with E-state index < -0.39 is 0 Å². The molecule has 3 heterocycles. The minimum atomic E-state index is 0.0665. The minimum Gasteiger partial charge on any atom is -0.380 e. The average molecular weight is 420 g/mol. The van der Waals surface area contributed by atoms with Crippen LogP contribution in [0.5, 0.6) is 0 Å². The van der Waals surface area contributed by atoms with Crippen LogP contribution in [0.4, 0.5) is 11.5 Å². The number of anilines is 2. The molecule has 1 fully saturated rings. The summed E-state index contributed by atoms with van der Waals surface area (Å²) in [5.41, 5.74) is 1.69. The number of carbonyl (C=O) groups is 1. The SMILES string of the molecule is CC(C)Nc1cccnc1N(C)C1CCN(C(=O)c2cc(Br)c[nH]2)CC1. The third-order valence-electron chi connectivity index (χ3n) is 4.74. The summed E-state index contributed by atoms with van der Waals surface area (Å²) in [6.45, 7) is 5.76. The Bertz CT molecular complexity index is 752. The van der Waals surface area contributed by atoms with Crippen LogP contribution in [0, 0.1) is 0 Å². The lowest BCUT2D eigenvalue weighted by molar-refractivity contribution is 0.0708. The van der Waals surface area contributed by atoms with Crippen LogP contribution in [0.15, 0.2) is 35.1 Å². The minimum absolute atomic E-state index is 0.0665. The number of rotatable bonds is 5. The van der Waals surface area contributed by atoms with E-state index >= 15 is 0 Å². The molecule has 0 saturated carbocycles. The summed E-state index contributed by atoms with van der Waals surface area (Å²) in [5, 5.41) is 3.47. The summed E-state index contributed by atoms with van der Waals surface area (Å²) in [4.78, 5) is 24.4. The van der Waals surface area contributed by atoms with Crippen LogP contribution in [0.1, 0.15) is 37.2 Å². The molecule has 3 rings (SSSR count). The quantitative estimate of drug-likeness (QED) is 0.774. The largest absolute Gasteiger partial charge is 0.380 e. The molecule has 0 radical (unpaired) electrons. The van der Waals surface area contributed by atoms with Crippen LogP contribution >= 0.6 is 15.9 Å². The topological polar surface area (TPSA) is 64.3 Å². The van der Waals surface area contributed by atoms with E-state index in [0.717, 1.165) is 41.9 Å². The number of aromatic nitrogens is 2. The normalized spacial score (nSPS) is 15.3. The van der Waals surface area contributed by atoms with Crippen molar-refractivity contribution in [3.05, 3.63) is 40.8 Å². The molecule has 1 aliphatic rings. The summed E-state index contributed by atoms with van der Waals surface area (Å²) in [6.07, 6.45) is 5.49. The number of aromatic amines is 1. The average Bonchev–Trinajstić information content (AvgIpc) is 3.07. The zero-order valence-corrected chi connectivity index (χ0v) is 17.1. The highest BCUT2D eigenvalue weighted by molar-refractivity contribution is 9.10. The third kappa shape index (κ3) is 4.20. The van der Waals surface area contributed by atoms with Crippen LogP contribution in [0.25, 0.3) is 0 Å². The lowest BCUT2D eigenvalue weighted by Crippen LogP contribution is -2.46. The van der Waals surface area contributed by atoms with E-state index in [1.165, 1.54) is 0 Å². The van der Waals surface area contributed by atoms with Crippen molar-refractivity contribution in [1.29, 1.82) is 0 Å². The Morgan fingerprint density at radius 1 is 1.42 bits per heavy atom. The number of hydrogen-bond acceptors (Lipinski definition) is 4. The first kappa shape index (κ1) is 18.8. The number of likely N-dealkylation sites (tertiary alicyclic amines) is 1. The van der Waals surface area contributed by atoms with E-state index in [1.807, 2.05) is 23.2 Å². The third-order valence-corrected chi connectivity index (χ3v) is 5.20. The molecule has 0 unspecified atom stereocenters. The number of hydrogen-bond donors (Lipinski definition) is 2. The molecular weight excluding hydrogens is 394 g/mol. The zero-order chi connectivity index (χ0) is 18.7. The van der Waals surface area contributed by atoms with Gasteiger partial charge in [0.25, 0.3) is 5.91 Å². The van der Waals surface area contributed by atoms with Crippen molar-refractivity contribution in [2.75, 3.05) is 30.4 Å². The molecule has 1 aliphatic heterocycles. The van der Waals surface area contributed by atoms with Crippen LogP contribution in [-0.4, -0.2) is 53.0 Å². The molecule has 140 valence electrons. The van der Waals surface area contributed by atoms with Gasteiger partial charge in [-0.25, -0.2) is 4.98 Å². The summed E-state index contributed by atoms with van der Waals surface area (Å²) in [5.74, 6) is 1.04. The molecule has 1 saturated heterocycles. The van der Waals surface area contributed by atoms with Crippen molar-refractivity contribution in [3.8, 4) is 0 Å². The second-order valence-corrected chi connectivity index (χ2v) is 7.96. The molecule has 1 amide bonds. The van der Waals surface area contributed by atoms with Gasteiger partial charge in [-0.1, -0.05) is 0 Å². The maximum atomic E-state index is 12.6. The fraction of sp³-hybridized carbons (Fsp3) is 0.474. The van der Waals surface area contributed by atoms with Crippen molar-refractivity contribution in [3.63, 3.8) is 0 Å². The lowest BCUT2D eigenvalue weighted by atomic mass is 10.0. The van der Waals surface area contributed by atoms with Gasteiger partial charge in [0, 0.05) is 49.1 Å². The Kier molecular flexibility index (Phi) is 5.86. The van der Waals surface area contributed by atoms with Crippen molar-refractivity contribution in [2.45, 2.75) is 38.8 Å². The van der Waals surface area contributed by atoms with Crippen LogP contribution < -0.4 is 10.2 Å². The molecule has 0 spiro atoms. The van der Waals surface area contributed by atoms with Crippen molar-refractivity contribution in [2.24, 2.45) is 0 Å². The molecule has 26 heavy (non-hydrogen) atoms. The number of carbonyl (C=O) groups excluding carboxylic acids is 1. The van der Waals surface area contributed by atoms with Crippen molar-refractivity contribution < 1.29 is 4.79 Å². The molecular formula is C19H26BrN5O. The second kappa shape index (κ2) is 8.12. The highest BCUT2D eigenvalue weighted by Gasteiger charge is 2.28. The summed E-state index contributed by atoms with van der Waals surface area (Å²) in [6, 6.07) is 6.58. The van der Waals surface area contributed by atoms with E-state index in [-0.39, 0.29) is 5.91 Å². The maximum Gasteiger partial charge on any atom is 0.270 e. The molecule has 6 nitrogen and oxygen atoms in total. The smallest absolute Gasteiger partial charge is 0.270 e. The lowest BCUT2D eigenvalue weighted by Gasteiger charge is -2.37. The molecule has 2 N–H and O–H groups in total. The maximum absolute atomic E-state index is 12.6. The summed E-state index contributed by atoms with van der Waals surface area (Å²) in [7, 11) is 2.10. The van der Waals surface area contributed by atoms with E-state index in [0.29, 0.717) is 17.8 Å². The predicted octanol–water partition coefficient (Wildman–Crippen LogP) is 3.73. The summed E-state index contributed by atoms with van der Waals surface area (Å²) < 4.78 is 0.899. The number of piperidine rings is 1. The Balaban J connectivity index is 1.64. The number of nitrogens with zero attached hydrogens (tertiary/aromatic N) is 3. The molecule has 2 aromatic heterocycles. The number of pyridine rings is 1. The second-order valence-electron chi connectivity index (χ2n) is 7.04. The van der Waals surface area contributed by atoms with Crippen molar-refractivity contribution in [1.82, 2.24) is 14.9 Å². The first-order valence-electron chi connectivity index (χ1n) is 9.03. The standard InChI is InChI=1S/C19H26BrN5O/c1-13(2)23-16-5-4-8-21-18(16)24(3)15-6-9-25(10-7-15)19(26)17-11-14(20)12-22-17/h4-5,8,11-13,15,22-23H,6-7,9-10H2,1-3H3. The highest BCUT2D eigenvalue weighted by atomic mass is 79.9. The van der Waals surface area contributed by atoms with E-state index in [4.69, 9.17) is 0 Å². The highest BCUT2D eigenvalue weighted by Crippen LogP contribution is 2.28. The molecule has 2 aromatic rings. The first-order chi connectivity index (χ1) is 12.5. The zero-order valence-electron chi connectivity index (χ0n) is 15.5. The Labute approximate surface area is 163 Å². The predicted molar refractivity (Wildman–Crippen MR) is 109 cm³/mol. The first-order valence-corrected chi connectivity index (χ1v) is 9.82. The number of H-pyrrole nitrogens is 1. The van der Waals surface area contributed by atoms with Crippen LogP contribution in [0.2, 0.25) is 0 Å². The van der Waals surface area contributed by atoms with Gasteiger partial charge in [-0.05, 0) is 60.8 Å². The monoisotopic (exact) mass is 419 g/mol. The molecule has 0 aromatic carbocycles. The number of nitrogens with one attached hydrogen (secondary N) is 2. The van der Waals surface area contributed by atoms with Gasteiger partial charge in [-0.15, -0.1) is 0 Å². The van der Waals surface area contributed by atoms with E-state index in [2.05, 4.69) is 63.1 Å². The Morgan fingerprint density at radius 2 is 2.15 bits per heavy atom. The van der Waals surface area contributed by atoms with Crippen molar-refractivity contribution >= 4 is 33.3 Å². The van der Waals surface area contributed by atoms with Gasteiger partial charge < -0.3 is 20.1 Å². The molecule has 7 heteroatoms. The Morgan fingerprint density at radius 3 is 2.77 bits per heavy atom. The van der Waals surface area contributed by atoms with Gasteiger partial charge in [0.1, 0.15) is 5.69 Å². The fourth-order valence-corrected chi connectivity index (χ4v) is 3.74. The number of amides is 1. The van der Waals surface area contributed by atoms with Gasteiger partial charge in [-0.3, -0.25) is 4.79 Å². The number of halogens is 1. The fourth-order valence-electron chi connectivity index (χ4n) is 3.39. The Hall–Kier alpha value is -2.02. The van der Waals surface area contributed by atoms with Gasteiger partial charge >= 0.3 is 0 Å². The van der Waals surface area contributed by atoms with Gasteiger partial charge in [0.05, 0.1) is 5.69 Å².